The molecule has 7 heteroatoms. The van der Waals surface area contributed by atoms with Gasteiger partial charge in [0, 0.05) is 33.2 Å². The molecule has 0 atom stereocenters. The van der Waals surface area contributed by atoms with Crippen LogP contribution >= 0.6 is 24.0 Å². The van der Waals surface area contributed by atoms with Crippen LogP contribution in [0.3, 0.4) is 0 Å². The van der Waals surface area contributed by atoms with Crippen molar-refractivity contribution in [2.45, 2.75) is 13.1 Å². The van der Waals surface area contributed by atoms with Gasteiger partial charge in [-0.2, -0.15) is 0 Å². The fourth-order valence-electron chi connectivity index (χ4n) is 2.35. The van der Waals surface area contributed by atoms with Gasteiger partial charge >= 0.3 is 0 Å². The van der Waals surface area contributed by atoms with Crippen molar-refractivity contribution >= 4 is 29.9 Å². The maximum absolute atomic E-state index is 12.9. The van der Waals surface area contributed by atoms with E-state index in [0.717, 1.165) is 30.8 Å². The van der Waals surface area contributed by atoms with Crippen LogP contribution in [0.15, 0.2) is 53.5 Å². The third-order valence-corrected chi connectivity index (χ3v) is 3.75. The van der Waals surface area contributed by atoms with E-state index in [9.17, 15) is 8.78 Å². The summed E-state index contributed by atoms with van der Waals surface area (Å²) in [6, 6.07) is 12.9. The van der Waals surface area contributed by atoms with Gasteiger partial charge < -0.3 is 15.5 Å². The van der Waals surface area contributed by atoms with Crippen molar-refractivity contribution in [3.8, 4) is 0 Å². The second-order valence-corrected chi connectivity index (χ2v) is 5.84. The van der Waals surface area contributed by atoms with Crippen molar-refractivity contribution in [1.29, 1.82) is 0 Å². The molecule has 0 aliphatic carbocycles. The highest BCUT2D eigenvalue weighted by atomic mass is 127. The van der Waals surface area contributed by atoms with Gasteiger partial charge in [-0.15, -0.1) is 24.0 Å². The van der Waals surface area contributed by atoms with Crippen LogP contribution in [0, 0.1) is 11.6 Å². The van der Waals surface area contributed by atoms with Gasteiger partial charge in [0.05, 0.1) is 0 Å². The molecule has 2 rings (SSSR count). The third kappa shape index (κ3) is 8.09. The second-order valence-electron chi connectivity index (χ2n) is 5.84. The topological polar surface area (TPSA) is 39.7 Å². The first kappa shape index (κ1) is 22.3. The Kier molecular flexibility index (Phi) is 10.1. The molecular weight excluding hydrogens is 449 g/mol. The first-order valence-corrected chi connectivity index (χ1v) is 8.19. The van der Waals surface area contributed by atoms with Gasteiger partial charge in [-0.05, 0) is 42.4 Å². The predicted octanol–water partition coefficient (Wildman–Crippen LogP) is 3.38. The number of rotatable bonds is 7. The van der Waals surface area contributed by atoms with Crippen molar-refractivity contribution in [2.24, 2.45) is 4.99 Å². The van der Waals surface area contributed by atoms with E-state index in [1.165, 1.54) is 24.3 Å². The van der Waals surface area contributed by atoms with Crippen molar-refractivity contribution in [3.63, 3.8) is 0 Å². The molecule has 0 amide bonds. The third-order valence-electron chi connectivity index (χ3n) is 3.75. The minimum atomic E-state index is -0.240. The lowest BCUT2D eigenvalue weighted by Gasteiger charge is -2.18. The van der Waals surface area contributed by atoms with Gasteiger partial charge in [0.25, 0.3) is 0 Å². The van der Waals surface area contributed by atoms with Gasteiger partial charge in [-0.3, -0.25) is 4.99 Å². The molecule has 26 heavy (non-hydrogen) atoms. The van der Waals surface area contributed by atoms with Crippen LogP contribution in [0.2, 0.25) is 0 Å². The Balaban J connectivity index is 0.00000338. The van der Waals surface area contributed by atoms with Gasteiger partial charge in [0.15, 0.2) is 5.96 Å². The largest absolute Gasteiger partial charge is 0.355 e. The molecule has 0 saturated heterocycles. The summed E-state index contributed by atoms with van der Waals surface area (Å²) in [5.74, 6) is 0.235. The number of halogens is 3. The molecule has 0 aromatic heterocycles. The number of benzene rings is 2. The zero-order valence-corrected chi connectivity index (χ0v) is 17.3. The zero-order valence-electron chi connectivity index (χ0n) is 15.0. The summed E-state index contributed by atoms with van der Waals surface area (Å²) in [7, 11) is 3.72. The molecule has 0 saturated carbocycles. The molecule has 0 bridgehead atoms. The Morgan fingerprint density at radius 3 is 2.00 bits per heavy atom. The van der Waals surface area contributed by atoms with Crippen LogP contribution in [0.1, 0.15) is 11.1 Å². The van der Waals surface area contributed by atoms with E-state index in [0.29, 0.717) is 12.5 Å². The molecule has 0 aliphatic heterocycles. The lowest BCUT2D eigenvalue weighted by Crippen LogP contribution is -2.40. The summed E-state index contributed by atoms with van der Waals surface area (Å²) in [6.07, 6.45) is 0. The molecule has 2 aromatic rings. The molecule has 0 fully saturated rings. The quantitative estimate of drug-likeness (QED) is 0.367. The van der Waals surface area contributed by atoms with Crippen molar-refractivity contribution in [1.82, 2.24) is 15.5 Å². The lowest BCUT2D eigenvalue weighted by molar-refractivity contribution is 0.331. The van der Waals surface area contributed by atoms with Gasteiger partial charge in [-0.1, -0.05) is 24.3 Å². The highest BCUT2D eigenvalue weighted by molar-refractivity contribution is 14.0. The molecule has 0 radical (unpaired) electrons. The number of aliphatic imine (C=N–C) groups is 1. The molecule has 0 spiro atoms. The van der Waals surface area contributed by atoms with Gasteiger partial charge in [0.2, 0.25) is 0 Å². The van der Waals surface area contributed by atoms with E-state index in [1.807, 2.05) is 7.05 Å². The predicted molar refractivity (Wildman–Crippen MR) is 113 cm³/mol. The molecule has 0 unspecified atom stereocenters. The Labute approximate surface area is 170 Å². The van der Waals surface area contributed by atoms with Crippen molar-refractivity contribution in [3.05, 3.63) is 71.3 Å². The first-order chi connectivity index (χ1) is 12.1. The van der Waals surface area contributed by atoms with Gasteiger partial charge in [-0.25, -0.2) is 8.78 Å². The number of hydrogen-bond donors (Lipinski definition) is 2. The Bertz CT molecular complexity index is 675. The van der Waals surface area contributed by atoms with Crippen LogP contribution in [-0.2, 0) is 13.1 Å². The van der Waals surface area contributed by atoms with E-state index < -0.39 is 0 Å². The monoisotopic (exact) mass is 474 g/mol. The molecule has 142 valence electrons. The molecule has 0 aliphatic rings. The van der Waals surface area contributed by atoms with Crippen molar-refractivity contribution < 1.29 is 8.78 Å². The molecular formula is C19H25F2IN4. The lowest BCUT2D eigenvalue weighted by atomic mass is 10.2. The molecule has 2 N–H and O–H groups in total. The number of likely N-dealkylation sites (N-methyl/N-ethyl adjacent to an activating group) is 1. The zero-order chi connectivity index (χ0) is 18.1. The maximum Gasteiger partial charge on any atom is 0.191 e. The summed E-state index contributed by atoms with van der Waals surface area (Å²) < 4.78 is 25.8. The SMILES string of the molecule is CN=C(NCCN(C)Cc1ccc(F)cc1)NCc1ccc(F)cc1.I. The Hall–Kier alpha value is -1.74. The van der Waals surface area contributed by atoms with E-state index >= 15 is 0 Å². The van der Waals surface area contributed by atoms with Crippen LogP contribution in [0.5, 0.6) is 0 Å². The number of guanidine groups is 1. The van der Waals surface area contributed by atoms with Crippen LogP contribution in [0.25, 0.3) is 0 Å². The molecule has 2 aromatic carbocycles. The molecule has 0 heterocycles. The normalized spacial score (nSPS) is 11.2. The average molecular weight is 474 g/mol. The number of hydrogen-bond acceptors (Lipinski definition) is 2. The first-order valence-electron chi connectivity index (χ1n) is 8.19. The maximum atomic E-state index is 12.9. The van der Waals surface area contributed by atoms with E-state index in [-0.39, 0.29) is 35.6 Å². The van der Waals surface area contributed by atoms with E-state index in [4.69, 9.17) is 0 Å². The molecule has 4 nitrogen and oxygen atoms in total. The van der Waals surface area contributed by atoms with E-state index in [2.05, 4.69) is 20.5 Å². The van der Waals surface area contributed by atoms with Crippen LogP contribution < -0.4 is 10.6 Å². The summed E-state index contributed by atoms with van der Waals surface area (Å²) >= 11 is 0. The number of nitrogens with one attached hydrogen (secondary N) is 2. The Morgan fingerprint density at radius 2 is 1.46 bits per heavy atom. The van der Waals surface area contributed by atoms with Crippen LogP contribution in [-0.4, -0.2) is 38.0 Å². The van der Waals surface area contributed by atoms with E-state index in [1.54, 1.807) is 31.3 Å². The average Bonchev–Trinajstić information content (AvgIpc) is 2.61. The summed E-state index contributed by atoms with van der Waals surface area (Å²) in [6.45, 7) is 2.87. The minimum absolute atomic E-state index is 0. The Morgan fingerprint density at radius 1 is 0.923 bits per heavy atom. The fraction of sp³-hybridized carbons (Fsp3) is 0.316. The standard InChI is InChI=1S/C19H24F2N4.HI/c1-22-19(24-13-15-3-7-17(20)8-4-15)23-11-12-25(2)14-16-5-9-18(21)10-6-16;/h3-10H,11-14H2,1-2H3,(H2,22,23,24);1H. The summed E-state index contributed by atoms with van der Waals surface area (Å²) in [5.41, 5.74) is 2.06. The number of nitrogens with zero attached hydrogens (tertiary/aromatic N) is 2. The minimum Gasteiger partial charge on any atom is -0.355 e. The highest BCUT2D eigenvalue weighted by Crippen LogP contribution is 2.05. The van der Waals surface area contributed by atoms with Crippen molar-refractivity contribution in [2.75, 3.05) is 27.2 Å². The fourth-order valence-corrected chi connectivity index (χ4v) is 2.35. The highest BCUT2D eigenvalue weighted by Gasteiger charge is 2.03. The smallest absolute Gasteiger partial charge is 0.191 e. The summed E-state index contributed by atoms with van der Waals surface area (Å²) in [4.78, 5) is 6.32. The van der Waals surface area contributed by atoms with Crippen LogP contribution in [0.4, 0.5) is 8.78 Å². The van der Waals surface area contributed by atoms with Gasteiger partial charge in [0.1, 0.15) is 11.6 Å². The summed E-state index contributed by atoms with van der Waals surface area (Å²) in [5, 5.41) is 6.43. The second kappa shape index (κ2) is 11.8.